The SMILES string of the molecule is c1ccc(Nc2c(-c3ccccc3)nc3sccn23)cc1. The molecule has 0 aliphatic heterocycles. The van der Waals surface area contributed by atoms with Crippen molar-refractivity contribution in [3.05, 3.63) is 72.2 Å². The molecule has 0 amide bonds. The average molecular weight is 291 g/mol. The van der Waals surface area contributed by atoms with Crippen LogP contribution in [0.4, 0.5) is 11.5 Å². The average Bonchev–Trinajstić information content (AvgIpc) is 3.12. The van der Waals surface area contributed by atoms with Gasteiger partial charge in [0.15, 0.2) is 4.96 Å². The molecule has 0 bridgehead atoms. The van der Waals surface area contributed by atoms with E-state index in [2.05, 4.69) is 34.0 Å². The lowest BCUT2D eigenvalue weighted by atomic mass is 10.1. The largest absolute Gasteiger partial charge is 0.339 e. The maximum absolute atomic E-state index is 4.76. The minimum atomic E-state index is 0.978. The molecule has 4 heteroatoms. The van der Waals surface area contributed by atoms with Crippen molar-refractivity contribution in [3.8, 4) is 11.3 Å². The number of anilines is 2. The molecule has 0 fully saturated rings. The van der Waals surface area contributed by atoms with Crippen LogP contribution < -0.4 is 5.32 Å². The monoisotopic (exact) mass is 291 g/mol. The normalized spacial score (nSPS) is 10.9. The number of nitrogens with zero attached hydrogens (tertiary/aromatic N) is 2. The number of rotatable bonds is 3. The van der Waals surface area contributed by atoms with Crippen LogP contribution in [-0.2, 0) is 0 Å². The Morgan fingerprint density at radius 2 is 1.62 bits per heavy atom. The van der Waals surface area contributed by atoms with Crippen LogP contribution in [0.25, 0.3) is 16.2 Å². The first-order chi connectivity index (χ1) is 10.4. The predicted molar refractivity (Wildman–Crippen MR) is 88.2 cm³/mol. The van der Waals surface area contributed by atoms with E-state index >= 15 is 0 Å². The highest BCUT2D eigenvalue weighted by Gasteiger charge is 2.14. The zero-order valence-corrected chi connectivity index (χ0v) is 12.0. The molecule has 0 aliphatic rings. The van der Waals surface area contributed by atoms with Crippen LogP contribution in [0.1, 0.15) is 0 Å². The summed E-state index contributed by atoms with van der Waals surface area (Å²) >= 11 is 1.64. The molecule has 0 atom stereocenters. The first-order valence-electron chi connectivity index (χ1n) is 6.75. The Morgan fingerprint density at radius 1 is 0.905 bits per heavy atom. The maximum atomic E-state index is 4.76. The van der Waals surface area contributed by atoms with Crippen LogP contribution in [0.2, 0.25) is 0 Å². The Morgan fingerprint density at radius 3 is 2.38 bits per heavy atom. The van der Waals surface area contributed by atoms with E-state index in [1.807, 2.05) is 48.0 Å². The molecule has 2 heterocycles. The van der Waals surface area contributed by atoms with Crippen LogP contribution in [-0.4, -0.2) is 9.38 Å². The number of hydrogen-bond donors (Lipinski definition) is 1. The van der Waals surface area contributed by atoms with Crippen molar-refractivity contribution in [2.24, 2.45) is 0 Å². The topological polar surface area (TPSA) is 29.3 Å². The van der Waals surface area contributed by atoms with E-state index in [0.29, 0.717) is 0 Å². The predicted octanol–water partition coefficient (Wildman–Crippen LogP) is 4.81. The fourth-order valence-corrected chi connectivity index (χ4v) is 3.07. The smallest absolute Gasteiger partial charge is 0.195 e. The Kier molecular flexibility index (Phi) is 2.94. The van der Waals surface area contributed by atoms with Crippen LogP contribution in [0.15, 0.2) is 72.2 Å². The molecular weight excluding hydrogens is 278 g/mol. The lowest BCUT2D eigenvalue weighted by Gasteiger charge is -2.07. The third-order valence-corrected chi connectivity index (χ3v) is 4.10. The summed E-state index contributed by atoms with van der Waals surface area (Å²) in [5, 5.41) is 5.54. The summed E-state index contributed by atoms with van der Waals surface area (Å²) in [6.45, 7) is 0. The van der Waals surface area contributed by atoms with Crippen LogP contribution in [0.5, 0.6) is 0 Å². The Balaban J connectivity index is 1.87. The van der Waals surface area contributed by atoms with E-state index in [9.17, 15) is 0 Å². The molecular formula is C17H13N3S. The molecule has 2 aromatic carbocycles. The standard InChI is InChI=1S/C17H13N3S/c1-3-7-13(8-4-1)15-16(18-14-9-5-2-6-10-14)20-11-12-21-17(20)19-15/h1-12,18H. The van der Waals surface area contributed by atoms with E-state index in [1.54, 1.807) is 11.3 Å². The molecule has 0 saturated heterocycles. The zero-order valence-electron chi connectivity index (χ0n) is 11.2. The number of benzene rings is 2. The number of imidazole rings is 1. The molecule has 1 N–H and O–H groups in total. The van der Waals surface area contributed by atoms with Gasteiger partial charge in [0, 0.05) is 22.8 Å². The molecule has 0 spiro atoms. The van der Waals surface area contributed by atoms with Gasteiger partial charge < -0.3 is 5.32 Å². The highest BCUT2D eigenvalue weighted by molar-refractivity contribution is 7.15. The van der Waals surface area contributed by atoms with E-state index in [-0.39, 0.29) is 0 Å². The lowest BCUT2D eigenvalue weighted by Crippen LogP contribution is -1.95. The summed E-state index contributed by atoms with van der Waals surface area (Å²) < 4.78 is 2.10. The van der Waals surface area contributed by atoms with Gasteiger partial charge in [-0.05, 0) is 12.1 Å². The summed E-state index contributed by atoms with van der Waals surface area (Å²) in [6.07, 6.45) is 2.05. The van der Waals surface area contributed by atoms with E-state index in [0.717, 1.165) is 27.7 Å². The van der Waals surface area contributed by atoms with Crippen molar-refractivity contribution in [1.82, 2.24) is 9.38 Å². The van der Waals surface area contributed by atoms with Gasteiger partial charge in [0.1, 0.15) is 11.5 Å². The molecule has 0 aliphatic carbocycles. The third kappa shape index (κ3) is 2.19. The van der Waals surface area contributed by atoms with Crippen LogP contribution in [0.3, 0.4) is 0 Å². The molecule has 3 nitrogen and oxygen atoms in total. The Labute approximate surface area is 126 Å². The molecule has 0 unspecified atom stereocenters. The first kappa shape index (κ1) is 12.2. The van der Waals surface area contributed by atoms with Crippen LogP contribution >= 0.6 is 11.3 Å². The number of hydrogen-bond acceptors (Lipinski definition) is 3. The quantitative estimate of drug-likeness (QED) is 0.587. The lowest BCUT2D eigenvalue weighted by molar-refractivity contribution is 1.23. The van der Waals surface area contributed by atoms with E-state index in [1.165, 1.54) is 0 Å². The summed E-state index contributed by atoms with van der Waals surface area (Å²) in [7, 11) is 0. The zero-order chi connectivity index (χ0) is 14.1. The molecule has 4 rings (SSSR count). The number of aromatic nitrogens is 2. The van der Waals surface area contributed by atoms with Crippen molar-refractivity contribution in [2.45, 2.75) is 0 Å². The van der Waals surface area contributed by atoms with Crippen molar-refractivity contribution < 1.29 is 0 Å². The second-order valence-electron chi connectivity index (χ2n) is 4.72. The fraction of sp³-hybridized carbons (Fsp3) is 0. The van der Waals surface area contributed by atoms with E-state index < -0.39 is 0 Å². The molecule has 21 heavy (non-hydrogen) atoms. The van der Waals surface area contributed by atoms with Gasteiger partial charge in [-0.25, -0.2) is 4.98 Å². The second kappa shape index (κ2) is 5.07. The van der Waals surface area contributed by atoms with Crippen molar-refractivity contribution in [1.29, 1.82) is 0 Å². The number of thiazole rings is 1. The van der Waals surface area contributed by atoms with Gasteiger partial charge >= 0.3 is 0 Å². The molecule has 102 valence electrons. The van der Waals surface area contributed by atoms with Crippen molar-refractivity contribution in [2.75, 3.05) is 5.32 Å². The fourth-order valence-electron chi connectivity index (χ4n) is 2.36. The minimum Gasteiger partial charge on any atom is -0.339 e. The number of para-hydroxylation sites is 1. The maximum Gasteiger partial charge on any atom is 0.195 e. The van der Waals surface area contributed by atoms with Gasteiger partial charge in [-0.1, -0.05) is 48.5 Å². The van der Waals surface area contributed by atoms with E-state index in [4.69, 9.17) is 4.98 Å². The Hall–Kier alpha value is -2.59. The van der Waals surface area contributed by atoms with Crippen LogP contribution in [0, 0.1) is 0 Å². The second-order valence-corrected chi connectivity index (χ2v) is 5.59. The summed E-state index contributed by atoms with van der Waals surface area (Å²) in [5.41, 5.74) is 3.15. The van der Waals surface area contributed by atoms with Crippen molar-refractivity contribution in [3.63, 3.8) is 0 Å². The summed E-state index contributed by atoms with van der Waals surface area (Å²) in [4.78, 5) is 5.75. The molecule has 2 aromatic heterocycles. The van der Waals surface area contributed by atoms with Gasteiger partial charge in [-0.3, -0.25) is 4.40 Å². The van der Waals surface area contributed by atoms with Gasteiger partial charge in [0.05, 0.1) is 0 Å². The Bertz CT molecular complexity index is 863. The van der Waals surface area contributed by atoms with Gasteiger partial charge in [-0.15, -0.1) is 11.3 Å². The molecule has 4 aromatic rings. The van der Waals surface area contributed by atoms with Gasteiger partial charge in [0.25, 0.3) is 0 Å². The van der Waals surface area contributed by atoms with Gasteiger partial charge in [0.2, 0.25) is 0 Å². The summed E-state index contributed by atoms with van der Waals surface area (Å²) in [5.74, 6) is 1.00. The highest BCUT2D eigenvalue weighted by atomic mass is 32.1. The molecule has 0 radical (unpaired) electrons. The summed E-state index contributed by atoms with van der Waals surface area (Å²) in [6, 6.07) is 20.4. The van der Waals surface area contributed by atoms with Crippen molar-refractivity contribution >= 4 is 27.8 Å². The van der Waals surface area contributed by atoms with Gasteiger partial charge in [-0.2, -0.15) is 0 Å². The third-order valence-electron chi connectivity index (χ3n) is 3.35. The highest BCUT2D eigenvalue weighted by Crippen LogP contribution is 2.32. The molecule has 0 saturated carbocycles. The number of fused-ring (bicyclic) bond motifs is 1. The first-order valence-corrected chi connectivity index (χ1v) is 7.63. The number of nitrogens with one attached hydrogen (secondary N) is 1. The minimum absolute atomic E-state index is 0.978.